The van der Waals surface area contributed by atoms with Crippen LogP contribution in [0.1, 0.15) is 32.3 Å². The van der Waals surface area contributed by atoms with Gasteiger partial charge in [-0.2, -0.15) is 0 Å². The first kappa shape index (κ1) is 21.2. The monoisotopic (exact) mass is 383 g/mol. The molecule has 1 fully saturated rings. The molecule has 8 heteroatoms. The number of halogens is 2. The van der Waals surface area contributed by atoms with E-state index >= 15 is 0 Å². The summed E-state index contributed by atoms with van der Waals surface area (Å²) in [4.78, 5) is 26.2. The minimum absolute atomic E-state index is 0.0144. The lowest BCUT2D eigenvalue weighted by Gasteiger charge is -2.34. The molecule has 0 saturated carbocycles. The highest BCUT2D eigenvalue weighted by Crippen LogP contribution is 2.16. The van der Waals surface area contributed by atoms with E-state index in [9.17, 15) is 18.4 Å². The molecule has 0 aromatic heterocycles. The zero-order valence-electron chi connectivity index (χ0n) is 15.8. The fraction of sp³-hybridized carbons (Fsp3) is 0.579. The summed E-state index contributed by atoms with van der Waals surface area (Å²) in [5, 5.41) is 5.54. The van der Waals surface area contributed by atoms with Crippen molar-refractivity contribution in [3.05, 3.63) is 35.4 Å². The van der Waals surface area contributed by atoms with E-state index in [4.69, 9.17) is 4.74 Å². The van der Waals surface area contributed by atoms with Crippen LogP contribution in [0.15, 0.2) is 18.2 Å². The quantitative estimate of drug-likeness (QED) is 0.636. The molecule has 1 aliphatic rings. The lowest BCUT2D eigenvalue weighted by molar-refractivity contribution is -0.134. The molecule has 1 unspecified atom stereocenters. The molecule has 1 atom stereocenters. The number of benzene rings is 1. The number of nitrogens with zero attached hydrogens (tertiary/aromatic N) is 1. The van der Waals surface area contributed by atoms with Gasteiger partial charge in [0.15, 0.2) is 11.6 Å². The topological polar surface area (TPSA) is 70.7 Å². The number of nitrogens with one attached hydrogen (secondary N) is 2. The number of carbonyl (C=O) groups excluding carboxylic acids is 2. The van der Waals surface area contributed by atoms with Crippen LogP contribution in [0.2, 0.25) is 0 Å². The van der Waals surface area contributed by atoms with Crippen LogP contribution in [0.3, 0.4) is 0 Å². The van der Waals surface area contributed by atoms with E-state index in [1.165, 1.54) is 6.07 Å². The number of carbonyl (C=O) groups is 2. The first-order valence-corrected chi connectivity index (χ1v) is 9.21. The van der Waals surface area contributed by atoms with Crippen LogP contribution in [0, 0.1) is 11.6 Å². The SMILES string of the molecule is CC(C)OCCCNC(=O)CC1C(=O)NCCN1Cc1ccc(F)c(F)c1. The number of ether oxygens (including phenoxy) is 1. The van der Waals surface area contributed by atoms with Gasteiger partial charge in [-0.1, -0.05) is 6.07 Å². The molecular formula is C19H27F2N3O3. The van der Waals surface area contributed by atoms with Crippen molar-refractivity contribution >= 4 is 11.8 Å². The maximum atomic E-state index is 13.4. The van der Waals surface area contributed by atoms with Gasteiger partial charge in [-0.25, -0.2) is 8.78 Å². The summed E-state index contributed by atoms with van der Waals surface area (Å²) in [6.45, 7) is 6.18. The summed E-state index contributed by atoms with van der Waals surface area (Å²) in [6.07, 6.45) is 0.858. The molecule has 0 aliphatic carbocycles. The average Bonchev–Trinajstić information content (AvgIpc) is 2.60. The highest BCUT2D eigenvalue weighted by atomic mass is 19.2. The second kappa shape index (κ2) is 10.3. The van der Waals surface area contributed by atoms with Gasteiger partial charge in [-0.05, 0) is 38.0 Å². The Labute approximate surface area is 158 Å². The summed E-state index contributed by atoms with van der Waals surface area (Å²) in [5.41, 5.74) is 0.555. The third-order valence-electron chi connectivity index (χ3n) is 4.28. The second-order valence-corrected chi connectivity index (χ2v) is 6.85. The van der Waals surface area contributed by atoms with Gasteiger partial charge >= 0.3 is 0 Å². The molecule has 0 bridgehead atoms. The molecule has 0 spiro atoms. The van der Waals surface area contributed by atoms with Crippen molar-refractivity contribution in [1.29, 1.82) is 0 Å². The number of piperazine rings is 1. The van der Waals surface area contributed by atoms with Crippen molar-refractivity contribution in [2.75, 3.05) is 26.2 Å². The van der Waals surface area contributed by atoms with E-state index in [2.05, 4.69) is 10.6 Å². The first-order chi connectivity index (χ1) is 12.9. The summed E-state index contributed by atoms with van der Waals surface area (Å²) >= 11 is 0. The number of amides is 2. The fourth-order valence-electron chi connectivity index (χ4n) is 2.91. The first-order valence-electron chi connectivity index (χ1n) is 9.21. The summed E-state index contributed by atoms with van der Waals surface area (Å²) in [7, 11) is 0. The van der Waals surface area contributed by atoms with Crippen molar-refractivity contribution in [3.63, 3.8) is 0 Å². The highest BCUT2D eigenvalue weighted by molar-refractivity contribution is 5.88. The van der Waals surface area contributed by atoms with E-state index in [1.807, 2.05) is 18.7 Å². The molecule has 6 nitrogen and oxygen atoms in total. The Morgan fingerprint density at radius 3 is 2.85 bits per heavy atom. The van der Waals surface area contributed by atoms with Crippen molar-refractivity contribution in [3.8, 4) is 0 Å². The van der Waals surface area contributed by atoms with Crippen LogP contribution < -0.4 is 10.6 Å². The van der Waals surface area contributed by atoms with Gasteiger partial charge in [-0.3, -0.25) is 14.5 Å². The van der Waals surface area contributed by atoms with E-state index < -0.39 is 17.7 Å². The van der Waals surface area contributed by atoms with E-state index in [0.717, 1.165) is 12.1 Å². The average molecular weight is 383 g/mol. The standard InChI is InChI=1S/C19H27F2N3O3/c1-13(2)27-9-3-6-22-18(25)11-17-19(26)23-7-8-24(17)12-14-4-5-15(20)16(21)10-14/h4-5,10,13,17H,3,6-9,11-12H2,1-2H3,(H,22,25)(H,23,26). The molecule has 1 aromatic rings. The Balaban J connectivity index is 1.88. The Bertz CT molecular complexity index is 655. The van der Waals surface area contributed by atoms with Gasteiger partial charge in [-0.15, -0.1) is 0 Å². The zero-order chi connectivity index (χ0) is 19.8. The normalized spacial score (nSPS) is 17.8. The Hall–Kier alpha value is -2.06. The Morgan fingerprint density at radius 2 is 2.15 bits per heavy atom. The van der Waals surface area contributed by atoms with Crippen LogP contribution in [0.4, 0.5) is 8.78 Å². The molecule has 2 N–H and O–H groups in total. The van der Waals surface area contributed by atoms with Crippen LogP contribution in [0.5, 0.6) is 0 Å². The third kappa shape index (κ3) is 6.88. The van der Waals surface area contributed by atoms with Crippen LogP contribution >= 0.6 is 0 Å². The molecule has 0 radical (unpaired) electrons. The molecule has 1 heterocycles. The van der Waals surface area contributed by atoms with Gasteiger partial charge in [0, 0.05) is 32.8 Å². The van der Waals surface area contributed by atoms with Crippen LogP contribution in [-0.4, -0.2) is 55.1 Å². The molecular weight excluding hydrogens is 356 g/mol. The molecule has 27 heavy (non-hydrogen) atoms. The van der Waals surface area contributed by atoms with Crippen molar-refractivity contribution in [2.45, 2.75) is 45.4 Å². The molecule has 2 rings (SSSR count). The molecule has 1 aromatic carbocycles. The summed E-state index contributed by atoms with van der Waals surface area (Å²) < 4.78 is 31.9. The number of rotatable bonds is 9. The van der Waals surface area contributed by atoms with Crippen LogP contribution in [0.25, 0.3) is 0 Å². The minimum Gasteiger partial charge on any atom is -0.379 e. The van der Waals surface area contributed by atoms with Gasteiger partial charge in [0.1, 0.15) is 0 Å². The lowest BCUT2D eigenvalue weighted by Crippen LogP contribution is -2.56. The van der Waals surface area contributed by atoms with E-state index in [1.54, 1.807) is 0 Å². The number of hydrogen-bond donors (Lipinski definition) is 2. The predicted molar refractivity (Wildman–Crippen MR) is 96.9 cm³/mol. The smallest absolute Gasteiger partial charge is 0.237 e. The van der Waals surface area contributed by atoms with Crippen molar-refractivity contribution in [2.24, 2.45) is 0 Å². The van der Waals surface area contributed by atoms with Gasteiger partial charge in [0.2, 0.25) is 11.8 Å². The molecule has 1 saturated heterocycles. The molecule has 150 valence electrons. The van der Waals surface area contributed by atoms with Gasteiger partial charge < -0.3 is 15.4 Å². The Morgan fingerprint density at radius 1 is 1.37 bits per heavy atom. The number of hydrogen-bond acceptors (Lipinski definition) is 4. The van der Waals surface area contributed by atoms with Crippen molar-refractivity contribution < 1.29 is 23.1 Å². The molecule has 2 amide bonds. The highest BCUT2D eigenvalue weighted by Gasteiger charge is 2.31. The minimum atomic E-state index is -0.924. The third-order valence-corrected chi connectivity index (χ3v) is 4.28. The summed E-state index contributed by atoms with van der Waals surface area (Å²) in [6, 6.07) is 3.03. The van der Waals surface area contributed by atoms with E-state index in [-0.39, 0.29) is 30.9 Å². The van der Waals surface area contributed by atoms with Gasteiger partial charge in [0.05, 0.1) is 18.6 Å². The second-order valence-electron chi connectivity index (χ2n) is 6.85. The molecule has 1 aliphatic heterocycles. The van der Waals surface area contributed by atoms with Gasteiger partial charge in [0.25, 0.3) is 0 Å². The predicted octanol–water partition coefficient (Wildman–Crippen LogP) is 1.59. The maximum Gasteiger partial charge on any atom is 0.237 e. The largest absolute Gasteiger partial charge is 0.379 e. The maximum absolute atomic E-state index is 13.4. The van der Waals surface area contributed by atoms with E-state index in [0.29, 0.717) is 38.2 Å². The lowest BCUT2D eigenvalue weighted by atomic mass is 10.1. The van der Waals surface area contributed by atoms with Crippen molar-refractivity contribution in [1.82, 2.24) is 15.5 Å². The van der Waals surface area contributed by atoms with Crippen LogP contribution in [-0.2, 0) is 20.9 Å². The fourth-order valence-corrected chi connectivity index (χ4v) is 2.91. The Kier molecular flexibility index (Phi) is 8.12. The summed E-state index contributed by atoms with van der Waals surface area (Å²) in [5.74, 6) is -2.29. The zero-order valence-corrected chi connectivity index (χ0v) is 15.8.